The van der Waals surface area contributed by atoms with Gasteiger partial charge in [-0.05, 0) is 31.4 Å². The second kappa shape index (κ2) is 11.2. The fourth-order valence-electron chi connectivity index (χ4n) is 4.36. The summed E-state index contributed by atoms with van der Waals surface area (Å²) in [5.41, 5.74) is 1.78. The Kier molecular flexibility index (Phi) is 7.90. The first-order valence-corrected chi connectivity index (χ1v) is 11.6. The SMILES string of the molecule is O=C(NCCCN1CCOCC1)C1CCN(c2cnn(Cc3ccccc3)c(=O)c2)CC1. The molecule has 0 saturated carbocycles. The van der Waals surface area contributed by atoms with Gasteiger partial charge < -0.3 is 15.0 Å². The van der Waals surface area contributed by atoms with Crippen molar-refractivity contribution in [2.75, 3.05) is 57.4 Å². The first-order valence-electron chi connectivity index (χ1n) is 11.6. The molecule has 2 aromatic rings. The van der Waals surface area contributed by atoms with E-state index in [4.69, 9.17) is 4.74 Å². The van der Waals surface area contributed by atoms with Crippen LogP contribution in [0.5, 0.6) is 0 Å². The molecule has 1 N–H and O–H groups in total. The van der Waals surface area contributed by atoms with Crippen LogP contribution in [-0.2, 0) is 16.1 Å². The molecule has 0 unspecified atom stereocenters. The van der Waals surface area contributed by atoms with Crippen molar-refractivity contribution in [3.63, 3.8) is 0 Å². The summed E-state index contributed by atoms with van der Waals surface area (Å²) in [7, 11) is 0. The van der Waals surface area contributed by atoms with E-state index in [1.54, 1.807) is 12.3 Å². The van der Waals surface area contributed by atoms with Gasteiger partial charge in [0.05, 0.1) is 31.6 Å². The maximum absolute atomic E-state index is 12.5. The number of anilines is 1. The molecule has 8 nitrogen and oxygen atoms in total. The molecule has 0 atom stereocenters. The Balaban J connectivity index is 1.20. The maximum atomic E-state index is 12.5. The quantitative estimate of drug-likeness (QED) is 0.626. The Labute approximate surface area is 189 Å². The van der Waals surface area contributed by atoms with Crippen molar-refractivity contribution in [3.8, 4) is 0 Å². The van der Waals surface area contributed by atoms with E-state index in [2.05, 4.69) is 20.2 Å². The van der Waals surface area contributed by atoms with Gasteiger partial charge in [0.2, 0.25) is 5.91 Å². The Morgan fingerprint density at radius 1 is 1.09 bits per heavy atom. The number of carbonyl (C=O) groups excluding carboxylic acids is 1. The molecule has 0 bridgehead atoms. The van der Waals surface area contributed by atoms with E-state index >= 15 is 0 Å². The molecule has 1 aromatic heterocycles. The molecule has 2 aliphatic heterocycles. The highest BCUT2D eigenvalue weighted by molar-refractivity contribution is 5.78. The molecule has 0 aliphatic carbocycles. The summed E-state index contributed by atoms with van der Waals surface area (Å²) in [6, 6.07) is 11.5. The third-order valence-electron chi connectivity index (χ3n) is 6.32. The van der Waals surface area contributed by atoms with E-state index < -0.39 is 0 Å². The lowest BCUT2D eigenvalue weighted by Crippen LogP contribution is -2.42. The molecule has 2 aliphatic rings. The van der Waals surface area contributed by atoms with Gasteiger partial charge in [0.1, 0.15) is 0 Å². The van der Waals surface area contributed by atoms with Crippen LogP contribution in [0.25, 0.3) is 0 Å². The van der Waals surface area contributed by atoms with Gasteiger partial charge in [0, 0.05) is 44.7 Å². The first kappa shape index (κ1) is 22.5. The Morgan fingerprint density at radius 3 is 2.56 bits per heavy atom. The second-order valence-electron chi connectivity index (χ2n) is 8.56. The topological polar surface area (TPSA) is 79.7 Å². The zero-order valence-corrected chi connectivity index (χ0v) is 18.6. The van der Waals surface area contributed by atoms with Crippen LogP contribution in [0.1, 0.15) is 24.8 Å². The molecular weight excluding hydrogens is 406 g/mol. The van der Waals surface area contributed by atoms with E-state index in [-0.39, 0.29) is 17.4 Å². The number of hydrogen-bond acceptors (Lipinski definition) is 6. The molecule has 2 fully saturated rings. The van der Waals surface area contributed by atoms with E-state index in [0.717, 1.165) is 83.0 Å². The van der Waals surface area contributed by atoms with Crippen molar-refractivity contribution in [1.82, 2.24) is 20.0 Å². The molecule has 0 radical (unpaired) electrons. The predicted octanol–water partition coefficient (Wildman–Crippen LogP) is 1.35. The number of hydrogen-bond donors (Lipinski definition) is 1. The lowest BCUT2D eigenvalue weighted by Gasteiger charge is -2.32. The molecular formula is C24H33N5O3. The van der Waals surface area contributed by atoms with Crippen molar-refractivity contribution in [2.45, 2.75) is 25.8 Å². The van der Waals surface area contributed by atoms with Gasteiger partial charge in [0.25, 0.3) is 5.56 Å². The van der Waals surface area contributed by atoms with Gasteiger partial charge in [-0.3, -0.25) is 14.5 Å². The van der Waals surface area contributed by atoms with Crippen LogP contribution < -0.4 is 15.8 Å². The molecule has 2 saturated heterocycles. The van der Waals surface area contributed by atoms with Crippen LogP contribution >= 0.6 is 0 Å². The van der Waals surface area contributed by atoms with Gasteiger partial charge in [-0.25, -0.2) is 4.68 Å². The normalized spacial score (nSPS) is 17.9. The number of aromatic nitrogens is 2. The number of nitrogens with one attached hydrogen (secondary N) is 1. The summed E-state index contributed by atoms with van der Waals surface area (Å²) in [6.07, 6.45) is 4.32. The minimum Gasteiger partial charge on any atom is -0.379 e. The summed E-state index contributed by atoms with van der Waals surface area (Å²) in [6.45, 7) is 7.30. The summed E-state index contributed by atoms with van der Waals surface area (Å²) >= 11 is 0. The molecule has 172 valence electrons. The Bertz CT molecular complexity index is 919. The van der Waals surface area contributed by atoms with Gasteiger partial charge in [-0.2, -0.15) is 5.10 Å². The summed E-state index contributed by atoms with van der Waals surface area (Å²) in [5.74, 6) is 0.198. The number of carbonyl (C=O) groups is 1. The number of amides is 1. The van der Waals surface area contributed by atoms with Crippen LogP contribution in [0.2, 0.25) is 0 Å². The highest BCUT2D eigenvalue weighted by Gasteiger charge is 2.25. The molecule has 32 heavy (non-hydrogen) atoms. The smallest absolute Gasteiger partial charge is 0.269 e. The Morgan fingerprint density at radius 2 is 1.84 bits per heavy atom. The van der Waals surface area contributed by atoms with Crippen LogP contribution in [-0.4, -0.2) is 73.1 Å². The number of piperidine rings is 1. The Hall–Kier alpha value is -2.71. The van der Waals surface area contributed by atoms with Crippen LogP contribution in [0.15, 0.2) is 47.4 Å². The number of morpholine rings is 1. The average Bonchev–Trinajstić information content (AvgIpc) is 2.84. The van der Waals surface area contributed by atoms with Crippen molar-refractivity contribution in [2.24, 2.45) is 5.92 Å². The average molecular weight is 440 g/mol. The first-order chi connectivity index (χ1) is 15.7. The minimum atomic E-state index is -0.105. The fourth-order valence-corrected chi connectivity index (χ4v) is 4.36. The predicted molar refractivity (Wildman–Crippen MR) is 124 cm³/mol. The van der Waals surface area contributed by atoms with Gasteiger partial charge in [-0.1, -0.05) is 30.3 Å². The van der Waals surface area contributed by atoms with Crippen LogP contribution in [0.4, 0.5) is 5.69 Å². The number of nitrogens with zero attached hydrogens (tertiary/aromatic N) is 4. The lowest BCUT2D eigenvalue weighted by atomic mass is 9.95. The van der Waals surface area contributed by atoms with Crippen molar-refractivity contribution in [1.29, 1.82) is 0 Å². The van der Waals surface area contributed by atoms with Gasteiger partial charge >= 0.3 is 0 Å². The number of rotatable bonds is 8. The number of benzene rings is 1. The summed E-state index contributed by atoms with van der Waals surface area (Å²) in [4.78, 5) is 29.6. The highest BCUT2D eigenvalue weighted by Crippen LogP contribution is 2.22. The van der Waals surface area contributed by atoms with Crippen molar-refractivity contribution < 1.29 is 9.53 Å². The maximum Gasteiger partial charge on any atom is 0.269 e. The van der Waals surface area contributed by atoms with Crippen molar-refractivity contribution in [3.05, 3.63) is 58.5 Å². The molecule has 1 aromatic carbocycles. The molecule has 1 amide bonds. The van der Waals surface area contributed by atoms with E-state index in [1.165, 1.54) is 4.68 Å². The van der Waals surface area contributed by atoms with Gasteiger partial charge in [0.15, 0.2) is 0 Å². The number of ether oxygens (including phenoxy) is 1. The molecule has 0 spiro atoms. The third-order valence-corrected chi connectivity index (χ3v) is 6.32. The largest absolute Gasteiger partial charge is 0.379 e. The monoisotopic (exact) mass is 439 g/mol. The van der Waals surface area contributed by atoms with Crippen LogP contribution in [0.3, 0.4) is 0 Å². The van der Waals surface area contributed by atoms with E-state index in [0.29, 0.717) is 6.54 Å². The molecule has 4 rings (SSSR count). The summed E-state index contributed by atoms with van der Waals surface area (Å²) < 4.78 is 6.84. The second-order valence-corrected chi connectivity index (χ2v) is 8.56. The van der Waals surface area contributed by atoms with Gasteiger partial charge in [-0.15, -0.1) is 0 Å². The standard InChI is InChI=1S/C24H33N5O3/c30-23-17-22(18-26-29(23)19-20-5-2-1-3-6-20)28-11-7-21(8-12-28)24(31)25-9-4-10-27-13-15-32-16-14-27/h1-3,5-6,17-18,21H,4,7-16,19H2,(H,25,31). The zero-order valence-electron chi connectivity index (χ0n) is 18.6. The van der Waals surface area contributed by atoms with E-state index in [1.807, 2.05) is 30.3 Å². The van der Waals surface area contributed by atoms with Crippen LogP contribution in [0, 0.1) is 5.92 Å². The third kappa shape index (κ3) is 6.17. The minimum absolute atomic E-state index is 0.0426. The highest BCUT2D eigenvalue weighted by atomic mass is 16.5. The fraction of sp³-hybridized carbons (Fsp3) is 0.542. The van der Waals surface area contributed by atoms with Crippen molar-refractivity contribution >= 4 is 11.6 Å². The zero-order chi connectivity index (χ0) is 22.2. The summed E-state index contributed by atoms with van der Waals surface area (Å²) in [5, 5.41) is 7.47. The lowest BCUT2D eigenvalue weighted by molar-refractivity contribution is -0.125. The molecule has 8 heteroatoms. The van der Waals surface area contributed by atoms with E-state index in [9.17, 15) is 9.59 Å². The molecule has 3 heterocycles.